The second kappa shape index (κ2) is 8.57. The monoisotopic (exact) mass is 437 g/mol. The molecule has 0 atom stereocenters. The number of amides is 2. The van der Waals surface area contributed by atoms with Crippen LogP contribution in [0.1, 0.15) is 11.1 Å². The number of aromatic nitrogens is 1. The molecule has 2 amide bonds. The fourth-order valence-corrected chi connectivity index (χ4v) is 3.48. The van der Waals surface area contributed by atoms with Crippen LogP contribution in [0.2, 0.25) is 5.02 Å². The van der Waals surface area contributed by atoms with Gasteiger partial charge in [-0.2, -0.15) is 0 Å². The average molecular weight is 438 g/mol. The lowest BCUT2D eigenvalue weighted by atomic mass is 10.0. The molecular formula is C23H17ClFN3O3. The van der Waals surface area contributed by atoms with E-state index in [-0.39, 0.29) is 17.8 Å². The van der Waals surface area contributed by atoms with Crippen molar-refractivity contribution >= 4 is 34.7 Å². The first-order valence-electron chi connectivity index (χ1n) is 9.34. The molecule has 0 fully saturated rings. The molecule has 0 bridgehead atoms. The number of imide groups is 1. The third kappa shape index (κ3) is 4.13. The summed E-state index contributed by atoms with van der Waals surface area (Å²) in [6.45, 7) is 0.0497. The number of nitrogens with zero attached hydrogens (tertiary/aromatic N) is 2. The molecule has 1 N–H and O–H groups in total. The molecule has 31 heavy (non-hydrogen) atoms. The van der Waals surface area contributed by atoms with Crippen LogP contribution in [0.15, 0.2) is 72.7 Å². The van der Waals surface area contributed by atoms with Gasteiger partial charge in [-0.15, -0.1) is 0 Å². The standard InChI is InChI=1S/C23H17ClFN3O3/c1-31-19-9-6-16(24)11-18(19)27-21-20(15-4-7-17(25)8-5-15)22(29)28(23(21)30)13-14-3-2-10-26-12-14/h2-12,27H,13H2,1H3. The van der Waals surface area contributed by atoms with E-state index < -0.39 is 17.6 Å². The van der Waals surface area contributed by atoms with Crippen molar-refractivity contribution in [2.75, 3.05) is 12.4 Å². The topological polar surface area (TPSA) is 71.5 Å². The molecule has 1 aliphatic rings. The molecule has 0 saturated carbocycles. The van der Waals surface area contributed by atoms with Crippen LogP contribution in [0.5, 0.6) is 5.75 Å². The van der Waals surface area contributed by atoms with E-state index in [1.165, 1.54) is 31.4 Å². The number of pyridine rings is 1. The summed E-state index contributed by atoms with van der Waals surface area (Å²) in [7, 11) is 1.49. The van der Waals surface area contributed by atoms with Gasteiger partial charge in [0.2, 0.25) is 0 Å². The van der Waals surface area contributed by atoms with Gasteiger partial charge in [0.05, 0.1) is 24.9 Å². The van der Waals surface area contributed by atoms with E-state index in [4.69, 9.17) is 16.3 Å². The molecule has 0 saturated heterocycles. The van der Waals surface area contributed by atoms with Gasteiger partial charge >= 0.3 is 0 Å². The first-order valence-corrected chi connectivity index (χ1v) is 9.71. The zero-order valence-corrected chi connectivity index (χ0v) is 17.2. The number of ether oxygens (including phenoxy) is 1. The molecule has 0 unspecified atom stereocenters. The molecule has 6 nitrogen and oxygen atoms in total. The van der Waals surface area contributed by atoms with Crippen molar-refractivity contribution in [3.05, 3.63) is 94.7 Å². The largest absolute Gasteiger partial charge is 0.495 e. The summed E-state index contributed by atoms with van der Waals surface area (Å²) in [5.74, 6) is -1.01. The molecule has 0 spiro atoms. The molecule has 4 rings (SSSR count). The van der Waals surface area contributed by atoms with Gasteiger partial charge in [0.15, 0.2) is 0 Å². The van der Waals surface area contributed by atoms with Gasteiger partial charge in [0.1, 0.15) is 17.3 Å². The Morgan fingerprint density at radius 3 is 2.55 bits per heavy atom. The summed E-state index contributed by atoms with van der Waals surface area (Å²) in [5, 5.41) is 3.44. The Hall–Kier alpha value is -3.71. The van der Waals surface area contributed by atoms with Crippen molar-refractivity contribution in [2.45, 2.75) is 6.54 Å². The van der Waals surface area contributed by atoms with Crippen molar-refractivity contribution in [3.63, 3.8) is 0 Å². The number of anilines is 1. The lowest BCUT2D eigenvalue weighted by Crippen LogP contribution is -2.32. The number of methoxy groups -OCH3 is 1. The van der Waals surface area contributed by atoms with Crippen molar-refractivity contribution in [1.82, 2.24) is 9.88 Å². The highest BCUT2D eigenvalue weighted by atomic mass is 35.5. The number of hydrogen-bond acceptors (Lipinski definition) is 5. The van der Waals surface area contributed by atoms with E-state index in [0.717, 1.165) is 4.90 Å². The number of benzene rings is 2. The minimum absolute atomic E-state index is 0.0497. The Labute approximate surface area is 182 Å². The van der Waals surface area contributed by atoms with E-state index in [0.29, 0.717) is 27.6 Å². The van der Waals surface area contributed by atoms with Crippen LogP contribution in [0, 0.1) is 5.82 Å². The zero-order valence-electron chi connectivity index (χ0n) is 16.4. The van der Waals surface area contributed by atoms with Crippen molar-refractivity contribution in [1.29, 1.82) is 0 Å². The summed E-state index contributed by atoms with van der Waals surface area (Å²) < 4.78 is 18.8. The number of hydrogen-bond donors (Lipinski definition) is 1. The Balaban J connectivity index is 1.78. The second-order valence-corrected chi connectivity index (χ2v) is 7.22. The van der Waals surface area contributed by atoms with Gasteiger partial charge in [-0.1, -0.05) is 29.8 Å². The minimum Gasteiger partial charge on any atom is -0.495 e. The van der Waals surface area contributed by atoms with E-state index in [2.05, 4.69) is 10.3 Å². The normalized spacial score (nSPS) is 13.7. The molecule has 0 aliphatic carbocycles. The predicted molar refractivity (Wildman–Crippen MR) is 115 cm³/mol. The highest BCUT2D eigenvalue weighted by Gasteiger charge is 2.39. The predicted octanol–water partition coefficient (Wildman–Crippen LogP) is 4.27. The van der Waals surface area contributed by atoms with E-state index >= 15 is 0 Å². The quantitative estimate of drug-likeness (QED) is 0.583. The first-order chi connectivity index (χ1) is 15.0. The van der Waals surface area contributed by atoms with Gasteiger partial charge in [-0.25, -0.2) is 4.39 Å². The summed E-state index contributed by atoms with van der Waals surface area (Å²) in [6.07, 6.45) is 3.20. The third-order valence-corrected chi connectivity index (χ3v) is 5.02. The maximum Gasteiger partial charge on any atom is 0.278 e. The fraction of sp³-hybridized carbons (Fsp3) is 0.0870. The van der Waals surface area contributed by atoms with Crippen LogP contribution >= 0.6 is 11.6 Å². The number of carbonyl (C=O) groups is 2. The Morgan fingerprint density at radius 2 is 1.87 bits per heavy atom. The molecule has 1 aromatic heterocycles. The second-order valence-electron chi connectivity index (χ2n) is 6.78. The maximum atomic E-state index is 13.5. The highest BCUT2D eigenvalue weighted by molar-refractivity contribution is 6.36. The molecule has 3 aromatic rings. The highest BCUT2D eigenvalue weighted by Crippen LogP contribution is 2.35. The fourth-order valence-electron chi connectivity index (χ4n) is 3.31. The van der Waals surface area contributed by atoms with Crippen LogP contribution in [-0.4, -0.2) is 28.8 Å². The molecule has 2 aromatic carbocycles. The molecule has 8 heteroatoms. The lowest BCUT2D eigenvalue weighted by Gasteiger charge is -2.16. The van der Waals surface area contributed by atoms with Crippen LogP contribution in [0.3, 0.4) is 0 Å². The van der Waals surface area contributed by atoms with Gasteiger partial charge in [-0.05, 0) is 47.5 Å². The van der Waals surface area contributed by atoms with Crippen LogP contribution in [0.4, 0.5) is 10.1 Å². The lowest BCUT2D eigenvalue weighted by molar-refractivity contribution is -0.137. The van der Waals surface area contributed by atoms with Crippen molar-refractivity contribution < 1.29 is 18.7 Å². The smallest absolute Gasteiger partial charge is 0.278 e. The van der Waals surface area contributed by atoms with E-state index in [1.54, 1.807) is 42.7 Å². The number of halogens is 2. The summed E-state index contributed by atoms with van der Waals surface area (Å²) in [4.78, 5) is 31.7. The minimum atomic E-state index is -0.518. The number of rotatable bonds is 6. The Bertz CT molecular complexity index is 1180. The van der Waals surface area contributed by atoms with Gasteiger partial charge < -0.3 is 10.1 Å². The molecular weight excluding hydrogens is 421 g/mol. The van der Waals surface area contributed by atoms with E-state index in [1.807, 2.05) is 0 Å². The van der Waals surface area contributed by atoms with Crippen LogP contribution in [0.25, 0.3) is 5.57 Å². The molecule has 156 valence electrons. The van der Waals surface area contributed by atoms with Crippen LogP contribution < -0.4 is 10.1 Å². The van der Waals surface area contributed by atoms with Gasteiger partial charge in [0, 0.05) is 17.4 Å². The summed E-state index contributed by atoms with van der Waals surface area (Å²) in [6, 6.07) is 13.8. The number of carbonyl (C=O) groups excluding carboxylic acids is 2. The van der Waals surface area contributed by atoms with E-state index in [9.17, 15) is 14.0 Å². The van der Waals surface area contributed by atoms with Crippen molar-refractivity contribution in [2.24, 2.45) is 0 Å². The van der Waals surface area contributed by atoms with Gasteiger partial charge in [-0.3, -0.25) is 19.5 Å². The molecule has 0 radical (unpaired) electrons. The summed E-state index contributed by atoms with van der Waals surface area (Å²) >= 11 is 6.11. The molecule has 2 heterocycles. The zero-order chi connectivity index (χ0) is 22.0. The SMILES string of the molecule is COc1ccc(Cl)cc1NC1=C(c2ccc(F)cc2)C(=O)N(Cc2cccnc2)C1=O. The van der Waals surface area contributed by atoms with Crippen LogP contribution in [-0.2, 0) is 16.1 Å². The summed E-state index contributed by atoms with van der Waals surface area (Å²) in [5.41, 5.74) is 1.73. The Kier molecular flexibility index (Phi) is 5.68. The maximum absolute atomic E-state index is 13.5. The number of nitrogens with one attached hydrogen (secondary N) is 1. The van der Waals surface area contributed by atoms with Crippen molar-refractivity contribution in [3.8, 4) is 5.75 Å². The molecule has 1 aliphatic heterocycles. The average Bonchev–Trinajstić information content (AvgIpc) is 3.00. The third-order valence-electron chi connectivity index (χ3n) is 4.79. The van der Waals surface area contributed by atoms with Gasteiger partial charge in [0.25, 0.3) is 11.8 Å². The first kappa shape index (κ1) is 20.6. The Morgan fingerprint density at radius 1 is 1.10 bits per heavy atom.